The summed E-state index contributed by atoms with van der Waals surface area (Å²) in [5.41, 5.74) is 1.95. The average molecular weight is 445 g/mol. The van der Waals surface area contributed by atoms with Crippen molar-refractivity contribution in [2.45, 2.75) is 63.5 Å². The number of nitrogens with one attached hydrogen (secondary N) is 1. The molecule has 1 aromatic carbocycles. The Labute approximate surface area is 195 Å². The van der Waals surface area contributed by atoms with E-state index in [0.717, 1.165) is 63.2 Å². The van der Waals surface area contributed by atoms with Gasteiger partial charge in [0.2, 0.25) is 0 Å². The van der Waals surface area contributed by atoms with Gasteiger partial charge < -0.3 is 24.8 Å². The number of carbonyl (C=O) groups is 1. The predicted octanol–water partition coefficient (Wildman–Crippen LogP) is 5.22. The van der Waals surface area contributed by atoms with Gasteiger partial charge in [0.05, 0.1) is 6.10 Å². The molecule has 6 heteroatoms. The Kier molecular flexibility index (Phi) is 11.6. The SMILES string of the molecule is C=CCN(C)CCCCCCO[C@H]1CC[C@H](N(C)C(=O)Nc2ccc(N(C)C)cc2)CC1. The number of likely N-dealkylation sites (N-methyl/N-ethyl adjacent to an activating group) is 1. The molecular formula is C26H44N4O2. The molecule has 2 rings (SSSR count). The summed E-state index contributed by atoms with van der Waals surface area (Å²) in [5, 5.41) is 3.02. The second-order valence-corrected chi connectivity index (χ2v) is 9.25. The van der Waals surface area contributed by atoms with E-state index in [4.69, 9.17) is 4.74 Å². The number of ether oxygens (including phenoxy) is 1. The van der Waals surface area contributed by atoms with E-state index in [1.165, 1.54) is 19.3 Å². The minimum absolute atomic E-state index is 0.0364. The van der Waals surface area contributed by atoms with E-state index in [1.54, 1.807) is 0 Å². The first-order valence-corrected chi connectivity index (χ1v) is 12.1. The van der Waals surface area contributed by atoms with Crippen molar-refractivity contribution in [1.82, 2.24) is 9.80 Å². The van der Waals surface area contributed by atoms with Crippen molar-refractivity contribution in [1.29, 1.82) is 0 Å². The molecule has 0 atom stereocenters. The number of urea groups is 1. The Bertz CT molecular complexity index is 669. The van der Waals surface area contributed by atoms with E-state index in [0.29, 0.717) is 6.10 Å². The monoisotopic (exact) mass is 444 g/mol. The molecule has 180 valence electrons. The average Bonchev–Trinajstić information content (AvgIpc) is 2.79. The van der Waals surface area contributed by atoms with E-state index in [9.17, 15) is 4.79 Å². The largest absolute Gasteiger partial charge is 0.378 e. The van der Waals surface area contributed by atoms with Crippen LogP contribution in [0.4, 0.5) is 16.2 Å². The summed E-state index contributed by atoms with van der Waals surface area (Å²) in [6.07, 6.45) is 11.2. The molecule has 1 aliphatic rings. The number of anilines is 2. The van der Waals surface area contributed by atoms with Crippen LogP contribution in [0.1, 0.15) is 51.4 Å². The molecule has 1 fully saturated rings. The second-order valence-electron chi connectivity index (χ2n) is 9.25. The van der Waals surface area contributed by atoms with Gasteiger partial charge in [0.1, 0.15) is 0 Å². The number of benzene rings is 1. The Morgan fingerprint density at radius 1 is 1.03 bits per heavy atom. The number of carbonyl (C=O) groups excluding carboxylic acids is 1. The van der Waals surface area contributed by atoms with Gasteiger partial charge in [-0.05, 0) is 76.4 Å². The molecule has 32 heavy (non-hydrogen) atoms. The molecule has 2 amide bonds. The van der Waals surface area contributed by atoms with Crippen LogP contribution in [0, 0.1) is 0 Å². The van der Waals surface area contributed by atoms with Gasteiger partial charge >= 0.3 is 6.03 Å². The van der Waals surface area contributed by atoms with Crippen LogP contribution in [0.3, 0.4) is 0 Å². The Morgan fingerprint density at radius 2 is 1.69 bits per heavy atom. The van der Waals surface area contributed by atoms with Gasteiger partial charge in [-0.1, -0.05) is 18.9 Å². The molecule has 6 nitrogen and oxygen atoms in total. The molecule has 1 N–H and O–H groups in total. The Morgan fingerprint density at radius 3 is 2.31 bits per heavy atom. The van der Waals surface area contributed by atoms with Crippen molar-refractivity contribution in [2.24, 2.45) is 0 Å². The standard InChI is InChI=1S/C26H44N4O2/c1-6-19-29(4)20-9-7-8-10-21-32-25-17-15-24(16-18-25)30(5)26(31)27-22-11-13-23(14-12-22)28(2)3/h6,11-14,24-25H,1,7-10,15-21H2,2-5H3,(H,27,31)/t24-,25-. The number of nitrogens with zero attached hydrogens (tertiary/aromatic N) is 3. The summed E-state index contributed by atoms with van der Waals surface area (Å²) in [6.45, 7) is 6.74. The van der Waals surface area contributed by atoms with Crippen LogP contribution in [0.15, 0.2) is 36.9 Å². The molecule has 0 heterocycles. The highest BCUT2D eigenvalue weighted by Gasteiger charge is 2.27. The van der Waals surface area contributed by atoms with Crippen LogP contribution in [0.25, 0.3) is 0 Å². The first kappa shape index (κ1) is 26.2. The first-order chi connectivity index (χ1) is 15.4. The van der Waals surface area contributed by atoms with Crippen molar-refractivity contribution in [2.75, 3.05) is 58.1 Å². The minimum Gasteiger partial charge on any atom is -0.378 e. The van der Waals surface area contributed by atoms with Gasteiger partial charge in [-0.25, -0.2) is 4.79 Å². The Balaban J connectivity index is 1.58. The first-order valence-electron chi connectivity index (χ1n) is 12.1. The molecule has 1 aromatic rings. The van der Waals surface area contributed by atoms with Crippen LogP contribution in [-0.2, 0) is 4.74 Å². The summed E-state index contributed by atoms with van der Waals surface area (Å²) in [4.78, 5) is 18.9. The number of hydrogen-bond acceptors (Lipinski definition) is 4. The maximum atomic E-state index is 12.7. The quantitative estimate of drug-likeness (QED) is 0.335. The van der Waals surface area contributed by atoms with Crippen LogP contribution >= 0.6 is 0 Å². The molecule has 1 aliphatic carbocycles. The molecule has 0 spiro atoms. The second kappa shape index (κ2) is 14.2. The summed E-state index contributed by atoms with van der Waals surface area (Å²) in [7, 11) is 8.06. The van der Waals surface area contributed by atoms with Gasteiger partial charge in [-0.2, -0.15) is 0 Å². The summed E-state index contributed by atoms with van der Waals surface area (Å²) in [6, 6.07) is 8.17. The van der Waals surface area contributed by atoms with Crippen LogP contribution in [0.2, 0.25) is 0 Å². The number of rotatable bonds is 13. The lowest BCUT2D eigenvalue weighted by atomic mass is 9.92. The minimum atomic E-state index is -0.0364. The van der Waals surface area contributed by atoms with Crippen molar-refractivity contribution in [3.05, 3.63) is 36.9 Å². The van der Waals surface area contributed by atoms with Crippen LogP contribution in [0.5, 0.6) is 0 Å². The lowest BCUT2D eigenvalue weighted by Crippen LogP contribution is -2.42. The fourth-order valence-electron chi connectivity index (χ4n) is 4.22. The van der Waals surface area contributed by atoms with Gasteiger partial charge in [0, 0.05) is 51.7 Å². The Hall–Kier alpha value is -2.05. The van der Waals surface area contributed by atoms with Crippen LogP contribution in [-0.4, -0.2) is 75.9 Å². The van der Waals surface area contributed by atoms with Crippen LogP contribution < -0.4 is 10.2 Å². The molecule has 0 radical (unpaired) electrons. The van der Waals surface area contributed by atoms with Gasteiger partial charge in [0.15, 0.2) is 0 Å². The molecule has 1 saturated carbocycles. The van der Waals surface area contributed by atoms with Crippen molar-refractivity contribution >= 4 is 17.4 Å². The van der Waals surface area contributed by atoms with Gasteiger partial charge in [-0.15, -0.1) is 6.58 Å². The lowest BCUT2D eigenvalue weighted by molar-refractivity contribution is 0.0130. The summed E-state index contributed by atoms with van der Waals surface area (Å²) < 4.78 is 6.12. The number of hydrogen-bond donors (Lipinski definition) is 1. The molecular weight excluding hydrogens is 400 g/mol. The maximum absolute atomic E-state index is 12.7. The van der Waals surface area contributed by atoms with E-state index < -0.39 is 0 Å². The maximum Gasteiger partial charge on any atom is 0.321 e. The van der Waals surface area contributed by atoms with E-state index in [1.807, 2.05) is 61.3 Å². The molecule has 0 aromatic heterocycles. The predicted molar refractivity (Wildman–Crippen MR) is 136 cm³/mol. The van der Waals surface area contributed by atoms with Crippen molar-refractivity contribution in [3.8, 4) is 0 Å². The third-order valence-electron chi connectivity index (χ3n) is 6.38. The van der Waals surface area contributed by atoms with E-state index in [-0.39, 0.29) is 12.1 Å². The van der Waals surface area contributed by atoms with Gasteiger partial charge in [0.25, 0.3) is 0 Å². The van der Waals surface area contributed by atoms with Crippen molar-refractivity contribution in [3.63, 3.8) is 0 Å². The van der Waals surface area contributed by atoms with Gasteiger partial charge in [-0.3, -0.25) is 0 Å². The third-order valence-corrected chi connectivity index (χ3v) is 6.38. The zero-order valence-corrected chi connectivity index (χ0v) is 20.7. The number of unbranched alkanes of at least 4 members (excludes halogenated alkanes) is 3. The summed E-state index contributed by atoms with van der Waals surface area (Å²) >= 11 is 0. The molecule has 0 aliphatic heterocycles. The van der Waals surface area contributed by atoms with E-state index >= 15 is 0 Å². The van der Waals surface area contributed by atoms with E-state index in [2.05, 4.69) is 23.8 Å². The summed E-state index contributed by atoms with van der Waals surface area (Å²) in [5.74, 6) is 0. The lowest BCUT2D eigenvalue weighted by Gasteiger charge is -2.34. The highest BCUT2D eigenvalue weighted by Crippen LogP contribution is 2.25. The normalized spacial score (nSPS) is 18.4. The third kappa shape index (κ3) is 9.21. The fourth-order valence-corrected chi connectivity index (χ4v) is 4.22. The zero-order chi connectivity index (χ0) is 23.3. The molecule has 0 saturated heterocycles. The topological polar surface area (TPSA) is 48.1 Å². The molecule has 0 bridgehead atoms. The smallest absolute Gasteiger partial charge is 0.321 e. The van der Waals surface area contributed by atoms with Crippen molar-refractivity contribution < 1.29 is 9.53 Å². The molecule has 0 unspecified atom stereocenters. The highest BCUT2D eigenvalue weighted by atomic mass is 16.5. The zero-order valence-electron chi connectivity index (χ0n) is 20.7. The highest BCUT2D eigenvalue weighted by molar-refractivity contribution is 5.89. The number of amides is 2. The fraction of sp³-hybridized carbons (Fsp3) is 0.654.